The van der Waals surface area contributed by atoms with E-state index in [1.807, 2.05) is 37.3 Å². The van der Waals surface area contributed by atoms with Crippen LogP contribution < -0.4 is 0 Å². The maximum absolute atomic E-state index is 12.3. The van der Waals surface area contributed by atoms with Gasteiger partial charge in [0.05, 0.1) is 18.5 Å². The van der Waals surface area contributed by atoms with Crippen LogP contribution >= 0.6 is 0 Å². The molecule has 1 aromatic carbocycles. The molecule has 0 fully saturated rings. The second-order valence-electron chi connectivity index (χ2n) is 5.16. The molecule has 1 aliphatic heterocycles. The molecule has 1 aromatic heterocycles. The van der Waals surface area contributed by atoms with Crippen LogP contribution in [0.5, 0.6) is 0 Å². The van der Waals surface area contributed by atoms with Crippen LogP contribution in [0.2, 0.25) is 0 Å². The Morgan fingerprint density at radius 2 is 2.09 bits per heavy atom. The van der Waals surface area contributed by atoms with E-state index < -0.39 is 0 Å². The molecule has 0 aliphatic carbocycles. The van der Waals surface area contributed by atoms with E-state index in [2.05, 4.69) is 5.16 Å². The molecule has 2 heterocycles. The van der Waals surface area contributed by atoms with Gasteiger partial charge in [0.15, 0.2) is 11.9 Å². The number of rotatable bonds is 5. The second kappa shape index (κ2) is 6.47. The van der Waals surface area contributed by atoms with Crippen LogP contribution in [0.15, 0.2) is 58.3 Å². The number of amides is 1. The summed E-state index contributed by atoms with van der Waals surface area (Å²) in [6, 6.07) is 13.3. The van der Waals surface area contributed by atoms with Gasteiger partial charge < -0.3 is 14.2 Å². The Labute approximate surface area is 129 Å². The first-order valence-corrected chi connectivity index (χ1v) is 7.39. The van der Waals surface area contributed by atoms with Crippen LogP contribution in [-0.2, 0) is 4.84 Å². The van der Waals surface area contributed by atoms with Crippen molar-refractivity contribution in [3.05, 3.63) is 60.1 Å². The largest absolute Gasteiger partial charge is 0.459 e. The minimum Gasteiger partial charge on any atom is -0.459 e. The Bertz CT molecular complexity index is 650. The third-order valence-corrected chi connectivity index (χ3v) is 3.66. The summed E-state index contributed by atoms with van der Waals surface area (Å²) in [5, 5.41) is 4.15. The van der Waals surface area contributed by atoms with E-state index >= 15 is 0 Å². The third-order valence-electron chi connectivity index (χ3n) is 3.66. The molecule has 0 N–H and O–H groups in total. The van der Waals surface area contributed by atoms with Gasteiger partial charge in [-0.15, -0.1) is 0 Å². The summed E-state index contributed by atoms with van der Waals surface area (Å²) in [4.78, 5) is 19.5. The summed E-state index contributed by atoms with van der Waals surface area (Å²) in [6.07, 6.45) is 2.09. The maximum Gasteiger partial charge on any atom is 0.289 e. The average molecular weight is 298 g/mol. The predicted molar refractivity (Wildman–Crippen MR) is 82.8 cm³/mol. The number of benzene rings is 1. The highest BCUT2D eigenvalue weighted by Crippen LogP contribution is 2.18. The van der Waals surface area contributed by atoms with Crippen molar-refractivity contribution < 1.29 is 14.0 Å². The summed E-state index contributed by atoms with van der Waals surface area (Å²) < 4.78 is 5.17. The van der Waals surface area contributed by atoms with Crippen molar-refractivity contribution in [1.29, 1.82) is 0 Å². The highest BCUT2D eigenvalue weighted by atomic mass is 16.6. The zero-order chi connectivity index (χ0) is 15.4. The molecule has 0 spiro atoms. The van der Waals surface area contributed by atoms with Crippen LogP contribution in [0.4, 0.5) is 0 Å². The number of likely N-dealkylation sites (N-methyl/N-ethyl adjacent to an activating group) is 1. The van der Waals surface area contributed by atoms with Gasteiger partial charge in [-0.05, 0) is 24.6 Å². The smallest absolute Gasteiger partial charge is 0.289 e. The first-order valence-electron chi connectivity index (χ1n) is 7.39. The molecule has 2 aromatic rings. The molecule has 0 saturated heterocycles. The second-order valence-corrected chi connectivity index (χ2v) is 5.16. The van der Waals surface area contributed by atoms with Gasteiger partial charge in [-0.25, -0.2) is 0 Å². The van der Waals surface area contributed by atoms with Gasteiger partial charge in [0, 0.05) is 13.0 Å². The van der Waals surface area contributed by atoms with Crippen LogP contribution in [0.1, 0.15) is 29.5 Å². The molecule has 5 nitrogen and oxygen atoms in total. The highest BCUT2D eigenvalue weighted by molar-refractivity contribution is 6.01. The van der Waals surface area contributed by atoms with Crippen LogP contribution in [0.25, 0.3) is 0 Å². The molecular weight excluding hydrogens is 280 g/mol. The zero-order valence-electron chi connectivity index (χ0n) is 12.4. The molecule has 5 heteroatoms. The van der Waals surface area contributed by atoms with E-state index in [0.29, 0.717) is 25.3 Å². The predicted octanol–water partition coefficient (Wildman–Crippen LogP) is 2.93. The van der Waals surface area contributed by atoms with Crippen molar-refractivity contribution in [1.82, 2.24) is 4.90 Å². The fourth-order valence-electron chi connectivity index (χ4n) is 2.48. The Kier molecular flexibility index (Phi) is 4.23. The number of nitrogens with zero attached hydrogens (tertiary/aromatic N) is 2. The number of oxime groups is 1. The summed E-state index contributed by atoms with van der Waals surface area (Å²) >= 11 is 0. The molecule has 0 bridgehead atoms. The minimum absolute atomic E-state index is 0.117. The summed E-state index contributed by atoms with van der Waals surface area (Å²) in [6.45, 7) is 3.03. The van der Waals surface area contributed by atoms with Gasteiger partial charge in [0.25, 0.3) is 5.91 Å². The Morgan fingerprint density at radius 3 is 2.77 bits per heavy atom. The van der Waals surface area contributed by atoms with E-state index in [-0.39, 0.29) is 12.0 Å². The van der Waals surface area contributed by atoms with Crippen LogP contribution in [0.3, 0.4) is 0 Å². The fourth-order valence-corrected chi connectivity index (χ4v) is 2.48. The van der Waals surface area contributed by atoms with E-state index in [1.165, 1.54) is 6.26 Å². The lowest BCUT2D eigenvalue weighted by molar-refractivity contribution is 0.0418. The molecule has 22 heavy (non-hydrogen) atoms. The Hall–Kier alpha value is -2.56. The van der Waals surface area contributed by atoms with Gasteiger partial charge in [-0.1, -0.05) is 35.5 Å². The van der Waals surface area contributed by atoms with Crippen LogP contribution in [0, 0.1) is 0 Å². The van der Waals surface area contributed by atoms with Crippen LogP contribution in [-0.4, -0.2) is 35.7 Å². The number of carbonyl (C=O) groups excluding carboxylic acids is 1. The highest BCUT2D eigenvalue weighted by Gasteiger charge is 2.27. The van der Waals surface area contributed by atoms with E-state index in [0.717, 1.165) is 11.3 Å². The first-order chi connectivity index (χ1) is 10.8. The minimum atomic E-state index is -0.121. The van der Waals surface area contributed by atoms with Crippen molar-refractivity contribution in [2.24, 2.45) is 5.16 Å². The molecule has 1 atom stereocenters. The van der Waals surface area contributed by atoms with Gasteiger partial charge in [-0.3, -0.25) is 4.79 Å². The van der Waals surface area contributed by atoms with Crippen molar-refractivity contribution in [3.8, 4) is 0 Å². The number of carbonyl (C=O) groups is 1. The number of furan rings is 1. The monoisotopic (exact) mass is 298 g/mol. The van der Waals surface area contributed by atoms with Crippen molar-refractivity contribution in [2.45, 2.75) is 19.4 Å². The topological polar surface area (TPSA) is 55.0 Å². The third kappa shape index (κ3) is 3.03. The number of hydrogen-bond acceptors (Lipinski definition) is 4. The Balaban J connectivity index is 1.61. The normalized spacial score (nSPS) is 17.0. The summed E-state index contributed by atoms with van der Waals surface area (Å²) in [7, 11) is 0. The van der Waals surface area contributed by atoms with Crippen molar-refractivity contribution in [3.63, 3.8) is 0 Å². The lowest BCUT2D eigenvalue weighted by Gasteiger charge is -2.22. The van der Waals surface area contributed by atoms with Gasteiger partial charge in [-0.2, -0.15) is 0 Å². The van der Waals surface area contributed by atoms with Gasteiger partial charge >= 0.3 is 0 Å². The van der Waals surface area contributed by atoms with E-state index in [9.17, 15) is 4.79 Å². The average Bonchev–Trinajstić information content (AvgIpc) is 3.24. The molecule has 1 unspecified atom stereocenters. The Morgan fingerprint density at radius 1 is 1.27 bits per heavy atom. The lowest BCUT2D eigenvalue weighted by atomic mass is 10.0. The van der Waals surface area contributed by atoms with Gasteiger partial charge in [0.1, 0.15) is 0 Å². The molecular formula is C17H18N2O3. The number of hydrogen-bond donors (Lipinski definition) is 0. The lowest BCUT2D eigenvalue weighted by Crippen LogP contribution is -2.37. The first kappa shape index (κ1) is 14.4. The maximum atomic E-state index is 12.3. The van der Waals surface area contributed by atoms with Crippen molar-refractivity contribution >= 4 is 11.6 Å². The summed E-state index contributed by atoms with van der Waals surface area (Å²) in [5.41, 5.74) is 1.98. The van der Waals surface area contributed by atoms with E-state index in [4.69, 9.17) is 9.25 Å². The molecule has 1 aliphatic rings. The molecule has 3 rings (SSSR count). The molecule has 0 radical (unpaired) electrons. The zero-order valence-corrected chi connectivity index (χ0v) is 12.4. The fraction of sp³-hybridized carbons (Fsp3) is 0.294. The molecule has 0 saturated carbocycles. The SMILES string of the molecule is CCN(CC1CC(c2ccccc2)=NO1)C(=O)c1ccco1. The van der Waals surface area contributed by atoms with Crippen molar-refractivity contribution in [2.75, 3.05) is 13.1 Å². The summed E-state index contributed by atoms with van der Waals surface area (Å²) in [5.74, 6) is 0.230. The molecule has 1 amide bonds. The van der Waals surface area contributed by atoms with E-state index in [1.54, 1.807) is 17.0 Å². The standard InChI is InChI=1S/C17H18N2O3/c1-2-19(17(20)16-9-6-10-21-16)12-14-11-15(18-22-14)13-7-4-3-5-8-13/h3-10,14H,2,11-12H2,1H3. The van der Waals surface area contributed by atoms with Gasteiger partial charge in [0.2, 0.25) is 0 Å². The quantitative estimate of drug-likeness (QED) is 0.852. The molecule has 114 valence electrons.